The molecule has 0 atom stereocenters. The quantitative estimate of drug-likeness (QED) is 0.655. The molecule has 0 aromatic carbocycles. The lowest BCUT2D eigenvalue weighted by Crippen LogP contribution is -2.41. The van der Waals surface area contributed by atoms with Crippen molar-refractivity contribution in [2.24, 2.45) is 10.7 Å². The summed E-state index contributed by atoms with van der Waals surface area (Å²) in [6, 6.07) is 0. The van der Waals surface area contributed by atoms with E-state index in [1.165, 1.54) is 12.8 Å². The zero-order chi connectivity index (χ0) is 8.10. The number of rotatable bonds is 3. The predicted octanol–water partition coefficient (Wildman–Crippen LogP) is 0.807. The number of unbranched alkanes of at least 4 members (excludes halogenated alkanes) is 1. The van der Waals surface area contributed by atoms with Crippen molar-refractivity contribution in [1.29, 1.82) is 0 Å². The van der Waals surface area contributed by atoms with Crippen molar-refractivity contribution in [3.63, 3.8) is 0 Å². The molecule has 11 heavy (non-hydrogen) atoms. The Morgan fingerprint density at radius 3 is 3.09 bits per heavy atom. The second-order valence-electron chi connectivity index (χ2n) is 2.93. The summed E-state index contributed by atoms with van der Waals surface area (Å²) in [6.45, 7) is 5.27. The summed E-state index contributed by atoms with van der Waals surface area (Å²) < 4.78 is 0. The first-order valence-corrected chi connectivity index (χ1v) is 4.39. The normalized spacial score (nSPS) is 18.3. The van der Waals surface area contributed by atoms with Gasteiger partial charge in [-0.25, -0.2) is 0 Å². The molecular formula is C8H17N3. The molecule has 0 aliphatic carbocycles. The topological polar surface area (TPSA) is 41.6 Å². The average molecular weight is 155 g/mol. The molecule has 0 saturated heterocycles. The summed E-state index contributed by atoms with van der Waals surface area (Å²) in [4.78, 5) is 6.36. The summed E-state index contributed by atoms with van der Waals surface area (Å²) >= 11 is 0. The third kappa shape index (κ3) is 2.41. The van der Waals surface area contributed by atoms with Crippen LogP contribution in [0.2, 0.25) is 0 Å². The van der Waals surface area contributed by atoms with Gasteiger partial charge in [-0.1, -0.05) is 13.3 Å². The van der Waals surface area contributed by atoms with E-state index in [0.29, 0.717) is 0 Å². The fourth-order valence-electron chi connectivity index (χ4n) is 1.25. The molecule has 0 bridgehead atoms. The van der Waals surface area contributed by atoms with Gasteiger partial charge in [0.25, 0.3) is 0 Å². The fourth-order valence-corrected chi connectivity index (χ4v) is 1.25. The molecule has 0 radical (unpaired) electrons. The molecule has 0 amide bonds. The van der Waals surface area contributed by atoms with Gasteiger partial charge in [-0.3, -0.25) is 4.99 Å². The van der Waals surface area contributed by atoms with Crippen LogP contribution in [0.25, 0.3) is 0 Å². The van der Waals surface area contributed by atoms with E-state index in [9.17, 15) is 0 Å². The molecule has 0 aromatic heterocycles. The molecule has 3 heteroatoms. The Bertz CT molecular complexity index is 142. The maximum Gasteiger partial charge on any atom is 0.191 e. The lowest BCUT2D eigenvalue weighted by Gasteiger charge is -2.26. The Morgan fingerprint density at radius 1 is 1.64 bits per heavy atom. The van der Waals surface area contributed by atoms with E-state index in [1.807, 2.05) is 0 Å². The molecule has 2 N–H and O–H groups in total. The van der Waals surface area contributed by atoms with Gasteiger partial charge in [0.1, 0.15) is 0 Å². The third-order valence-electron chi connectivity index (χ3n) is 1.97. The minimum atomic E-state index is 0.740. The van der Waals surface area contributed by atoms with Gasteiger partial charge in [-0.05, 0) is 12.8 Å². The molecule has 0 aromatic rings. The SMILES string of the molecule is CCCCN1CCCN=C1N. The summed E-state index contributed by atoms with van der Waals surface area (Å²) in [5, 5.41) is 0. The van der Waals surface area contributed by atoms with Gasteiger partial charge in [0.2, 0.25) is 0 Å². The van der Waals surface area contributed by atoms with Gasteiger partial charge in [0.15, 0.2) is 5.96 Å². The molecule has 1 aliphatic heterocycles. The van der Waals surface area contributed by atoms with Crippen LogP contribution >= 0.6 is 0 Å². The molecule has 64 valence electrons. The second kappa shape index (κ2) is 4.21. The standard InChI is InChI=1S/C8H17N3/c1-2-3-6-11-7-4-5-10-8(11)9/h2-7H2,1H3,(H2,9,10). The van der Waals surface area contributed by atoms with E-state index in [1.54, 1.807) is 0 Å². The maximum atomic E-state index is 5.70. The highest BCUT2D eigenvalue weighted by molar-refractivity contribution is 5.78. The summed E-state index contributed by atoms with van der Waals surface area (Å²) in [5.74, 6) is 0.740. The Balaban J connectivity index is 2.31. The third-order valence-corrected chi connectivity index (χ3v) is 1.97. The van der Waals surface area contributed by atoms with Gasteiger partial charge < -0.3 is 10.6 Å². The van der Waals surface area contributed by atoms with Crippen LogP contribution in [0, 0.1) is 0 Å². The van der Waals surface area contributed by atoms with Gasteiger partial charge in [0.05, 0.1) is 0 Å². The molecule has 0 unspecified atom stereocenters. The number of nitrogens with two attached hydrogens (primary N) is 1. The molecular weight excluding hydrogens is 138 g/mol. The Labute approximate surface area is 68.3 Å². The number of hydrogen-bond donors (Lipinski definition) is 1. The lowest BCUT2D eigenvalue weighted by molar-refractivity contribution is 0.381. The highest BCUT2D eigenvalue weighted by Crippen LogP contribution is 2.01. The monoisotopic (exact) mass is 155 g/mol. The summed E-state index contributed by atoms with van der Waals surface area (Å²) in [6.07, 6.45) is 3.60. The van der Waals surface area contributed by atoms with Crippen molar-refractivity contribution < 1.29 is 0 Å². The molecule has 0 fully saturated rings. The number of hydrogen-bond acceptors (Lipinski definition) is 3. The van der Waals surface area contributed by atoms with E-state index >= 15 is 0 Å². The summed E-state index contributed by atoms with van der Waals surface area (Å²) in [5.41, 5.74) is 5.70. The van der Waals surface area contributed by atoms with Crippen LogP contribution in [-0.4, -0.2) is 30.5 Å². The van der Waals surface area contributed by atoms with Crippen molar-refractivity contribution in [3.05, 3.63) is 0 Å². The van der Waals surface area contributed by atoms with Crippen LogP contribution in [0.3, 0.4) is 0 Å². The van der Waals surface area contributed by atoms with Crippen LogP contribution in [0.5, 0.6) is 0 Å². The lowest BCUT2D eigenvalue weighted by atomic mass is 10.3. The van der Waals surface area contributed by atoms with Crippen LogP contribution in [0.1, 0.15) is 26.2 Å². The van der Waals surface area contributed by atoms with Crippen molar-refractivity contribution in [3.8, 4) is 0 Å². The average Bonchev–Trinajstić information content (AvgIpc) is 2.03. The zero-order valence-electron chi connectivity index (χ0n) is 7.21. The van der Waals surface area contributed by atoms with Crippen molar-refractivity contribution in [1.82, 2.24) is 4.90 Å². The highest BCUT2D eigenvalue weighted by Gasteiger charge is 2.09. The number of guanidine groups is 1. The largest absolute Gasteiger partial charge is 0.370 e. The Kier molecular flexibility index (Phi) is 3.20. The number of nitrogens with zero attached hydrogens (tertiary/aromatic N) is 2. The second-order valence-corrected chi connectivity index (χ2v) is 2.93. The maximum absolute atomic E-state index is 5.70. The first-order valence-electron chi connectivity index (χ1n) is 4.39. The first kappa shape index (κ1) is 8.37. The van der Waals surface area contributed by atoms with Gasteiger partial charge in [-0.15, -0.1) is 0 Å². The molecule has 0 saturated carbocycles. The fraction of sp³-hybridized carbons (Fsp3) is 0.875. The van der Waals surface area contributed by atoms with Crippen LogP contribution in [-0.2, 0) is 0 Å². The first-order chi connectivity index (χ1) is 5.34. The van der Waals surface area contributed by atoms with Gasteiger partial charge in [0, 0.05) is 19.6 Å². The van der Waals surface area contributed by atoms with Crippen LogP contribution in [0.15, 0.2) is 4.99 Å². The summed E-state index contributed by atoms with van der Waals surface area (Å²) in [7, 11) is 0. The van der Waals surface area contributed by atoms with E-state index in [0.717, 1.165) is 32.0 Å². The van der Waals surface area contributed by atoms with E-state index in [-0.39, 0.29) is 0 Å². The van der Waals surface area contributed by atoms with Gasteiger partial charge in [-0.2, -0.15) is 0 Å². The smallest absolute Gasteiger partial charge is 0.191 e. The Hall–Kier alpha value is -0.730. The van der Waals surface area contributed by atoms with Crippen molar-refractivity contribution >= 4 is 5.96 Å². The number of aliphatic imine (C=N–C) groups is 1. The molecule has 1 aliphatic rings. The van der Waals surface area contributed by atoms with E-state index in [4.69, 9.17) is 5.73 Å². The van der Waals surface area contributed by atoms with Crippen molar-refractivity contribution in [2.45, 2.75) is 26.2 Å². The van der Waals surface area contributed by atoms with Gasteiger partial charge >= 0.3 is 0 Å². The minimum absolute atomic E-state index is 0.740. The molecule has 0 spiro atoms. The van der Waals surface area contributed by atoms with Crippen molar-refractivity contribution in [2.75, 3.05) is 19.6 Å². The van der Waals surface area contributed by atoms with Crippen LogP contribution in [0.4, 0.5) is 0 Å². The molecule has 1 rings (SSSR count). The molecule has 3 nitrogen and oxygen atoms in total. The molecule has 1 heterocycles. The van der Waals surface area contributed by atoms with Crippen LogP contribution < -0.4 is 5.73 Å². The van der Waals surface area contributed by atoms with E-state index < -0.39 is 0 Å². The van der Waals surface area contributed by atoms with E-state index in [2.05, 4.69) is 16.8 Å². The minimum Gasteiger partial charge on any atom is -0.370 e. The highest BCUT2D eigenvalue weighted by atomic mass is 15.3. The Morgan fingerprint density at radius 2 is 2.45 bits per heavy atom. The predicted molar refractivity (Wildman–Crippen MR) is 47.6 cm³/mol. The zero-order valence-corrected chi connectivity index (χ0v) is 7.21.